The summed E-state index contributed by atoms with van der Waals surface area (Å²) >= 11 is 0. The van der Waals surface area contributed by atoms with Crippen LogP contribution < -0.4 is 21.3 Å². The molecule has 1 saturated heterocycles. The Hall–Kier alpha value is -2.61. The minimum absolute atomic E-state index is 0. The zero-order chi connectivity index (χ0) is 20.8. The van der Waals surface area contributed by atoms with Crippen molar-refractivity contribution in [2.45, 2.75) is 52.0 Å². The normalized spacial score (nSPS) is 16.0. The van der Waals surface area contributed by atoms with Crippen molar-refractivity contribution in [1.82, 2.24) is 15.3 Å². The Bertz CT molecular complexity index is 865. The van der Waals surface area contributed by atoms with Gasteiger partial charge in [-0.05, 0) is 43.9 Å². The molecule has 7 nitrogen and oxygen atoms in total. The van der Waals surface area contributed by atoms with E-state index in [0.717, 1.165) is 50.2 Å². The molecule has 1 aliphatic heterocycles. The molecule has 1 aromatic carbocycles. The Morgan fingerprint density at radius 1 is 1.33 bits per heavy atom. The molecule has 1 aromatic heterocycles. The van der Waals surface area contributed by atoms with Gasteiger partial charge in [0.2, 0.25) is 11.9 Å². The van der Waals surface area contributed by atoms with E-state index in [1.54, 1.807) is 13.0 Å². The van der Waals surface area contributed by atoms with Gasteiger partial charge in [-0.3, -0.25) is 4.79 Å². The van der Waals surface area contributed by atoms with Gasteiger partial charge in [0.15, 0.2) is 0 Å². The second-order valence-corrected chi connectivity index (χ2v) is 7.49. The lowest BCUT2D eigenvalue weighted by atomic mass is 10.1. The molecule has 0 saturated carbocycles. The molecule has 164 valence electrons. The number of aryl methyl sites for hydroxylation is 1. The number of amides is 1. The molecule has 1 fully saturated rings. The van der Waals surface area contributed by atoms with Gasteiger partial charge in [0.25, 0.3) is 0 Å². The van der Waals surface area contributed by atoms with Crippen molar-refractivity contribution < 1.29 is 9.18 Å². The van der Waals surface area contributed by atoms with E-state index in [2.05, 4.69) is 32.4 Å². The van der Waals surface area contributed by atoms with Crippen LogP contribution in [-0.4, -0.2) is 35.0 Å². The van der Waals surface area contributed by atoms with E-state index < -0.39 is 5.82 Å². The summed E-state index contributed by atoms with van der Waals surface area (Å²) in [4.78, 5) is 22.9. The summed E-state index contributed by atoms with van der Waals surface area (Å²) in [6, 6.07) is 6.60. The molecule has 1 unspecified atom stereocenters. The maximum Gasteiger partial charge on any atom is 0.229 e. The number of halogens is 2. The third-order valence-electron chi connectivity index (χ3n) is 4.96. The highest BCUT2D eigenvalue weighted by Gasteiger charge is 2.22. The number of rotatable bonds is 7. The first-order valence-corrected chi connectivity index (χ1v) is 10.2. The summed E-state index contributed by atoms with van der Waals surface area (Å²) in [6.07, 6.45) is 4.91. The van der Waals surface area contributed by atoms with Gasteiger partial charge in [-0.25, -0.2) is 9.37 Å². The Balaban J connectivity index is 0.00000320. The van der Waals surface area contributed by atoms with E-state index in [4.69, 9.17) is 5.73 Å². The van der Waals surface area contributed by atoms with Crippen molar-refractivity contribution in [2.24, 2.45) is 0 Å². The third kappa shape index (κ3) is 6.45. The van der Waals surface area contributed by atoms with Crippen LogP contribution in [0.5, 0.6) is 0 Å². The number of nitrogens with two attached hydrogens (primary N) is 1. The van der Waals surface area contributed by atoms with Crippen molar-refractivity contribution in [1.29, 1.82) is 0 Å². The van der Waals surface area contributed by atoms with Gasteiger partial charge in [-0.1, -0.05) is 13.3 Å². The molecular weight excluding hydrogens is 407 g/mol. The first-order chi connectivity index (χ1) is 13.9. The topological polar surface area (TPSA) is 96.2 Å². The lowest BCUT2D eigenvalue weighted by molar-refractivity contribution is -0.119. The third-order valence-corrected chi connectivity index (χ3v) is 4.96. The van der Waals surface area contributed by atoms with Crippen LogP contribution in [0.4, 0.5) is 27.5 Å². The molecule has 4 N–H and O–H groups in total. The quantitative estimate of drug-likeness (QED) is 0.571. The summed E-state index contributed by atoms with van der Waals surface area (Å²) < 4.78 is 13.5. The number of unbranched alkanes of at least 4 members (excludes halogenated alkanes) is 1. The van der Waals surface area contributed by atoms with Crippen molar-refractivity contribution in [2.75, 3.05) is 29.0 Å². The largest absolute Gasteiger partial charge is 0.396 e. The Labute approximate surface area is 183 Å². The molecule has 1 aliphatic rings. The van der Waals surface area contributed by atoms with Crippen LogP contribution >= 0.6 is 12.4 Å². The smallest absolute Gasteiger partial charge is 0.229 e. The van der Waals surface area contributed by atoms with Gasteiger partial charge in [-0.15, -0.1) is 12.4 Å². The number of hydrogen-bond donors (Lipinski definition) is 3. The number of carbonyl (C=O) groups excluding carboxylic acids is 1. The first kappa shape index (κ1) is 23.7. The highest BCUT2D eigenvalue weighted by molar-refractivity contribution is 5.85. The number of benzene rings is 1. The van der Waals surface area contributed by atoms with Gasteiger partial charge < -0.3 is 21.3 Å². The summed E-state index contributed by atoms with van der Waals surface area (Å²) in [5.74, 6) is 0.825. The van der Waals surface area contributed by atoms with E-state index in [-0.39, 0.29) is 30.0 Å². The monoisotopic (exact) mass is 436 g/mol. The molecule has 0 radical (unpaired) electrons. The lowest BCUT2D eigenvalue weighted by Gasteiger charge is -2.34. The second-order valence-electron chi connectivity index (χ2n) is 7.49. The van der Waals surface area contributed by atoms with Crippen LogP contribution in [0, 0.1) is 5.82 Å². The van der Waals surface area contributed by atoms with Crippen LogP contribution in [0.3, 0.4) is 0 Å². The average Bonchev–Trinajstić information content (AvgIpc) is 2.69. The maximum atomic E-state index is 13.5. The van der Waals surface area contributed by atoms with Gasteiger partial charge in [0, 0.05) is 43.5 Å². The molecule has 0 spiro atoms. The minimum atomic E-state index is -0.453. The number of nitrogen functional groups attached to an aromatic ring is 1. The van der Waals surface area contributed by atoms with E-state index >= 15 is 0 Å². The number of nitrogens with zero attached hydrogens (tertiary/aromatic N) is 3. The predicted octanol–water partition coefficient (Wildman–Crippen LogP) is 3.81. The van der Waals surface area contributed by atoms with Crippen molar-refractivity contribution in [3.8, 4) is 0 Å². The highest BCUT2D eigenvalue weighted by Crippen LogP contribution is 2.24. The number of anilines is 4. The first-order valence-electron chi connectivity index (χ1n) is 10.2. The Kier molecular flexibility index (Phi) is 8.65. The molecule has 0 bridgehead atoms. The number of aromatic nitrogens is 2. The molecule has 2 heterocycles. The lowest BCUT2D eigenvalue weighted by Crippen LogP contribution is -2.47. The average molecular weight is 437 g/mol. The molecule has 0 aliphatic carbocycles. The molecular formula is C21H30ClFN6O. The van der Waals surface area contributed by atoms with Gasteiger partial charge in [0.1, 0.15) is 11.6 Å². The number of nitrogens with one attached hydrogen (secondary N) is 2. The van der Waals surface area contributed by atoms with Crippen LogP contribution in [0.1, 0.15) is 45.2 Å². The number of piperidine rings is 1. The van der Waals surface area contributed by atoms with Gasteiger partial charge in [0.05, 0.1) is 5.69 Å². The van der Waals surface area contributed by atoms with Crippen LogP contribution in [0.15, 0.2) is 24.3 Å². The van der Waals surface area contributed by atoms with E-state index in [1.165, 1.54) is 12.1 Å². The fourth-order valence-electron chi connectivity index (χ4n) is 3.53. The zero-order valence-corrected chi connectivity index (χ0v) is 18.3. The van der Waals surface area contributed by atoms with E-state index in [9.17, 15) is 9.18 Å². The fourth-order valence-corrected chi connectivity index (χ4v) is 3.53. The highest BCUT2D eigenvalue weighted by atomic mass is 35.5. The Morgan fingerprint density at radius 2 is 2.13 bits per heavy atom. The van der Waals surface area contributed by atoms with Crippen LogP contribution in [0.2, 0.25) is 0 Å². The summed E-state index contributed by atoms with van der Waals surface area (Å²) in [5, 5.41) is 6.15. The molecule has 9 heteroatoms. The van der Waals surface area contributed by atoms with E-state index in [1.807, 2.05) is 6.07 Å². The predicted molar refractivity (Wildman–Crippen MR) is 121 cm³/mol. The minimum Gasteiger partial charge on any atom is -0.396 e. The molecule has 1 atom stereocenters. The summed E-state index contributed by atoms with van der Waals surface area (Å²) in [5.41, 5.74) is 7.34. The number of hydrogen-bond acceptors (Lipinski definition) is 6. The standard InChI is InChI=1S/C21H29FN6O.ClH/c1-3-4-6-15-12-20(28-10-5-7-17(13-28)24-14(2)29)27-21(25-15)26-16-8-9-18(22)19(23)11-16;/h8-9,11-12,17H,3-7,10,13,23H2,1-2H3,(H,24,29)(H,25,26,27);1H. The van der Waals surface area contributed by atoms with Crippen molar-refractivity contribution in [3.63, 3.8) is 0 Å². The molecule has 2 aromatic rings. The van der Waals surface area contributed by atoms with Gasteiger partial charge >= 0.3 is 0 Å². The Morgan fingerprint density at radius 3 is 2.83 bits per heavy atom. The summed E-state index contributed by atoms with van der Waals surface area (Å²) in [7, 11) is 0. The van der Waals surface area contributed by atoms with Crippen molar-refractivity contribution >= 4 is 41.5 Å². The van der Waals surface area contributed by atoms with Gasteiger partial charge in [-0.2, -0.15) is 4.98 Å². The second kappa shape index (κ2) is 11.0. The SMILES string of the molecule is CCCCc1cc(N2CCCC(NC(C)=O)C2)nc(Nc2ccc(F)c(N)c2)n1.Cl. The van der Waals surface area contributed by atoms with Crippen molar-refractivity contribution in [3.05, 3.63) is 35.8 Å². The molecule has 30 heavy (non-hydrogen) atoms. The number of carbonyl (C=O) groups is 1. The van der Waals surface area contributed by atoms with Crippen LogP contribution in [-0.2, 0) is 11.2 Å². The fraction of sp³-hybridized carbons (Fsp3) is 0.476. The van der Waals surface area contributed by atoms with E-state index in [0.29, 0.717) is 18.2 Å². The molecule has 3 rings (SSSR count). The van der Waals surface area contributed by atoms with Crippen LogP contribution in [0.25, 0.3) is 0 Å². The zero-order valence-electron chi connectivity index (χ0n) is 17.4. The summed E-state index contributed by atoms with van der Waals surface area (Å²) in [6.45, 7) is 5.28. The molecule has 1 amide bonds. The maximum absolute atomic E-state index is 13.5.